The third kappa shape index (κ3) is 10.5. The second kappa shape index (κ2) is 13.9. The molecule has 1 aliphatic rings. The van der Waals surface area contributed by atoms with Gasteiger partial charge in [-0.05, 0) is 39.5 Å². The maximum absolute atomic E-state index is 12.0. The van der Waals surface area contributed by atoms with Gasteiger partial charge in [0.05, 0.1) is 24.9 Å². The molecular weight excluding hydrogens is 380 g/mol. The van der Waals surface area contributed by atoms with Gasteiger partial charge < -0.3 is 19.7 Å². The van der Waals surface area contributed by atoms with E-state index in [2.05, 4.69) is 19.7 Å². The lowest BCUT2D eigenvalue weighted by molar-refractivity contribution is -0.144. The summed E-state index contributed by atoms with van der Waals surface area (Å²) in [6.45, 7) is 14.9. The lowest BCUT2D eigenvalue weighted by Crippen LogP contribution is -2.27. The van der Waals surface area contributed by atoms with Crippen LogP contribution in [0.1, 0.15) is 46.0 Å². The van der Waals surface area contributed by atoms with Gasteiger partial charge in [-0.2, -0.15) is 0 Å². The van der Waals surface area contributed by atoms with Gasteiger partial charge in [0.15, 0.2) is 0 Å². The Labute approximate surface area is 180 Å². The van der Waals surface area contributed by atoms with E-state index in [1.165, 1.54) is 12.2 Å². The lowest BCUT2D eigenvalue weighted by Gasteiger charge is -2.30. The molecule has 166 valence electrons. The summed E-state index contributed by atoms with van der Waals surface area (Å²) in [6, 6.07) is 0. The minimum absolute atomic E-state index is 0.0647. The monoisotopic (exact) mass is 416 g/mol. The van der Waals surface area contributed by atoms with E-state index >= 15 is 0 Å². The molecule has 0 bridgehead atoms. The number of hydrogen-bond donors (Lipinski definition) is 2. The Morgan fingerprint density at radius 3 is 2.63 bits per heavy atom. The molecule has 0 spiro atoms. The summed E-state index contributed by atoms with van der Waals surface area (Å²) in [4.78, 5) is 12.0. The van der Waals surface area contributed by atoms with Crippen LogP contribution in [-0.2, 0) is 14.3 Å². The highest BCUT2D eigenvalue weighted by atomic mass is 16.5. The van der Waals surface area contributed by atoms with E-state index in [9.17, 15) is 15.0 Å². The largest absolute Gasteiger partial charge is 0.456 e. The fraction of sp³-hybridized carbons (Fsp3) is 0.480. The van der Waals surface area contributed by atoms with Crippen LogP contribution in [0.15, 0.2) is 72.9 Å². The van der Waals surface area contributed by atoms with E-state index < -0.39 is 18.2 Å². The van der Waals surface area contributed by atoms with Crippen LogP contribution in [0.2, 0.25) is 0 Å². The van der Waals surface area contributed by atoms with Crippen LogP contribution in [0.3, 0.4) is 0 Å². The minimum atomic E-state index is -0.623. The number of carbonyl (C=O) groups is 1. The summed E-state index contributed by atoms with van der Waals surface area (Å²) >= 11 is 0. The smallest absolute Gasteiger partial charge is 0.331 e. The van der Waals surface area contributed by atoms with Crippen molar-refractivity contribution in [1.29, 1.82) is 0 Å². The van der Waals surface area contributed by atoms with Crippen LogP contribution in [0, 0.1) is 0 Å². The zero-order valence-electron chi connectivity index (χ0n) is 18.3. The number of rotatable bonds is 12. The summed E-state index contributed by atoms with van der Waals surface area (Å²) in [7, 11) is 0. The molecule has 0 amide bonds. The van der Waals surface area contributed by atoms with Gasteiger partial charge in [0.2, 0.25) is 0 Å². The van der Waals surface area contributed by atoms with Crippen molar-refractivity contribution in [3.63, 3.8) is 0 Å². The van der Waals surface area contributed by atoms with Crippen molar-refractivity contribution in [2.24, 2.45) is 0 Å². The molecule has 1 rings (SSSR count). The normalized spacial score (nSPS) is 22.6. The fourth-order valence-corrected chi connectivity index (χ4v) is 3.32. The first-order chi connectivity index (χ1) is 14.3. The van der Waals surface area contributed by atoms with Gasteiger partial charge >= 0.3 is 5.97 Å². The third-order valence-corrected chi connectivity index (χ3v) is 4.73. The molecule has 0 aromatic carbocycles. The topological polar surface area (TPSA) is 76.0 Å². The molecule has 0 aromatic heterocycles. The Morgan fingerprint density at radius 2 is 2.00 bits per heavy atom. The number of esters is 1. The van der Waals surface area contributed by atoms with Gasteiger partial charge in [-0.3, -0.25) is 0 Å². The lowest BCUT2D eigenvalue weighted by atomic mass is 9.95. The first-order valence-corrected chi connectivity index (χ1v) is 10.3. The minimum Gasteiger partial charge on any atom is -0.456 e. The number of aliphatic hydroxyl groups excluding tert-OH is 2. The zero-order chi connectivity index (χ0) is 22.5. The van der Waals surface area contributed by atoms with Gasteiger partial charge in [0.1, 0.15) is 6.10 Å². The first kappa shape index (κ1) is 25.8. The molecule has 0 saturated carbocycles. The van der Waals surface area contributed by atoms with Gasteiger partial charge in [-0.1, -0.05) is 53.7 Å². The quantitative estimate of drug-likeness (QED) is 0.214. The second-order valence-electron chi connectivity index (χ2n) is 7.82. The van der Waals surface area contributed by atoms with Gasteiger partial charge in [0, 0.05) is 12.5 Å². The number of hydrogen-bond acceptors (Lipinski definition) is 5. The van der Waals surface area contributed by atoms with Crippen LogP contribution in [-0.4, -0.2) is 47.2 Å². The number of ether oxygens (including phenoxy) is 2. The summed E-state index contributed by atoms with van der Waals surface area (Å²) in [5, 5.41) is 19.1. The Kier molecular flexibility index (Phi) is 12.0. The average Bonchev–Trinajstić information content (AvgIpc) is 2.66. The summed E-state index contributed by atoms with van der Waals surface area (Å²) in [5.41, 5.74) is 3.05. The van der Waals surface area contributed by atoms with Crippen molar-refractivity contribution < 1.29 is 24.5 Å². The van der Waals surface area contributed by atoms with Crippen LogP contribution in [0.25, 0.3) is 0 Å². The van der Waals surface area contributed by atoms with E-state index in [-0.39, 0.29) is 18.8 Å². The third-order valence-electron chi connectivity index (χ3n) is 4.73. The van der Waals surface area contributed by atoms with Gasteiger partial charge in [-0.25, -0.2) is 4.79 Å². The molecule has 1 saturated heterocycles. The van der Waals surface area contributed by atoms with Crippen molar-refractivity contribution in [2.45, 2.75) is 70.4 Å². The van der Waals surface area contributed by atoms with Crippen molar-refractivity contribution >= 4 is 5.97 Å². The molecule has 0 aromatic rings. The SMILES string of the molecule is C=CC[C@H]1CC(=C)C[C@@H](/C=C(\C)C[C@@H](CO)OC(=O)/C=C/C=C(/C)CC(O)C=C)O1. The molecule has 1 fully saturated rings. The van der Waals surface area contributed by atoms with Crippen LogP contribution in [0.4, 0.5) is 0 Å². The van der Waals surface area contributed by atoms with Crippen molar-refractivity contribution in [3.8, 4) is 0 Å². The van der Waals surface area contributed by atoms with E-state index in [1.54, 1.807) is 12.2 Å². The molecule has 1 heterocycles. The molecule has 2 N–H and O–H groups in total. The van der Waals surface area contributed by atoms with Crippen LogP contribution in [0.5, 0.6) is 0 Å². The van der Waals surface area contributed by atoms with Gasteiger partial charge in [0.25, 0.3) is 0 Å². The summed E-state index contributed by atoms with van der Waals surface area (Å²) in [6.07, 6.45) is 12.0. The predicted octanol–water partition coefficient (Wildman–Crippen LogP) is 4.35. The zero-order valence-corrected chi connectivity index (χ0v) is 18.3. The maximum Gasteiger partial charge on any atom is 0.331 e. The molecule has 0 aliphatic carbocycles. The number of aliphatic hydroxyl groups is 2. The Hall–Kier alpha value is -2.21. The molecular formula is C25H36O5. The Morgan fingerprint density at radius 1 is 1.27 bits per heavy atom. The van der Waals surface area contributed by atoms with Crippen molar-refractivity contribution in [1.82, 2.24) is 0 Å². The average molecular weight is 417 g/mol. The number of carbonyl (C=O) groups excluding carboxylic acids is 1. The highest BCUT2D eigenvalue weighted by Gasteiger charge is 2.23. The fourth-order valence-electron chi connectivity index (χ4n) is 3.32. The van der Waals surface area contributed by atoms with E-state index in [4.69, 9.17) is 9.47 Å². The molecule has 0 radical (unpaired) electrons. The second-order valence-corrected chi connectivity index (χ2v) is 7.82. The van der Waals surface area contributed by atoms with Crippen molar-refractivity contribution in [3.05, 3.63) is 72.9 Å². The molecule has 1 unspecified atom stereocenters. The highest BCUT2D eigenvalue weighted by molar-refractivity contribution is 5.82. The molecule has 30 heavy (non-hydrogen) atoms. The molecule has 5 heteroatoms. The van der Waals surface area contributed by atoms with E-state index in [1.807, 2.05) is 26.0 Å². The Balaban J connectivity index is 2.58. The summed E-state index contributed by atoms with van der Waals surface area (Å²) in [5.74, 6) is -0.525. The molecule has 1 aliphatic heterocycles. The van der Waals surface area contributed by atoms with Crippen LogP contribution >= 0.6 is 0 Å². The van der Waals surface area contributed by atoms with E-state index in [0.717, 1.165) is 36.0 Å². The van der Waals surface area contributed by atoms with Crippen molar-refractivity contribution in [2.75, 3.05) is 6.61 Å². The highest BCUT2D eigenvalue weighted by Crippen LogP contribution is 2.27. The Bertz CT molecular complexity index is 686. The summed E-state index contributed by atoms with van der Waals surface area (Å²) < 4.78 is 11.4. The first-order valence-electron chi connectivity index (χ1n) is 10.3. The van der Waals surface area contributed by atoms with Gasteiger partial charge in [-0.15, -0.1) is 13.2 Å². The standard InChI is InChI=1S/C25H36O5/c1-6-9-22-13-19(4)14-23(29-22)15-20(5)16-24(17-26)30-25(28)11-8-10-18(3)12-21(27)7-2/h6-8,10-11,15,21-24,26-27H,1-2,4,9,12-14,16-17H2,3,5H3/b11-8+,18-10-,20-15+/t21?,22-,23-,24-/m0/s1. The van der Waals surface area contributed by atoms with Crippen LogP contribution < -0.4 is 0 Å². The molecule has 4 atom stereocenters. The molecule has 5 nitrogen and oxygen atoms in total. The van der Waals surface area contributed by atoms with E-state index in [0.29, 0.717) is 12.8 Å². The number of allylic oxidation sites excluding steroid dienone is 2. The predicted molar refractivity (Wildman–Crippen MR) is 121 cm³/mol. The maximum atomic E-state index is 12.0.